The second-order valence-electron chi connectivity index (χ2n) is 11.9. The molecule has 0 bridgehead atoms. The fourth-order valence-electron chi connectivity index (χ4n) is 6.21. The zero-order valence-corrected chi connectivity index (χ0v) is 25.3. The van der Waals surface area contributed by atoms with Crippen LogP contribution in [0.2, 0.25) is 0 Å². The number of hydrogen-bond acceptors (Lipinski definition) is 4. The van der Waals surface area contributed by atoms with Crippen molar-refractivity contribution >= 4 is 27.7 Å². The van der Waals surface area contributed by atoms with Crippen LogP contribution < -0.4 is 0 Å². The molecule has 1 atom stereocenters. The summed E-state index contributed by atoms with van der Waals surface area (Å²) >= 11 is 3.09. The minimum Gasteiger partial charge on any atom is -0.342 e. The molecule has 228 valence electrons. The molecule has 5 rings (SSSR count). The normalized spacial score (nSPS) is 19.7. The summed E-state index contributed by atoms with van der Waals surface area (Å²) in [6, 6.07) is 9.90. The lowest BCUT2D eigenvalue weighted by Crippen LogP contribution is -2.61. The van der Waals surface area contributed by atoms with Crippen molar-refractivity contribution in [3.05, 3.63) is 69.4 Å². The molecule has 11 heteroatoms. The Balaban J connectivity index is 1.15. The number of benzene rings is 2. The summed E-state index contributed by atoms with van der Waals surface area (Å²) in [6.45, 7) is 6.65. The highest BCUT2D eigenvalue weighted by molar-refractivity contribution is 9.10. The van der Waals surface area contributed by atoms with Gasteiger partial charge in [-0.15, -0.1) is 0 Å². The maximum absolute atomic E-state index is 13.7. The number of alkyl halides is 3. The molecule has 0 N–H and O–H groups in total. The van der Waals surface area contributed by atoms with E-state index in [1.807, 2.05) is 4.90 Å². The average molecular weight is 654 g/mol. The van der Waals surface area contributed by atoms with Crippen LogP contribution in [0.5, 0.6) is 0 Å². The number of likely N-dealkylation sites (N-methyl/N-ethyl adjacent to an activating group) is 1. The Morgan fingerprint density at radius 3 is 2.29 bits per heavy atom. The van der Waals surface area contributed by atoms with Gasteiger partial charge in [-0.1, -0.05) is 28.1 Å². The van der Waals surface area contributed by atoms with E-state index >= 15 is 0 Å². The van der Waals surface area contributed by atoms with Crippen LogP contribution >= 0.6 is 15.9 Å². The van der Waals surface area contributed by atoms with Gasteiger partial charge in [0.25, 0.3) is 5.91 Å². The van der Waals surface area contributed by atoms with Crippen molar-refractivity contribution in [2.24, 2.45) is 5.92 Å². The summed E-state index contributed by atoms with van der Waals surface area (Å²) in [4.78, 5) is 34.0. The topological polar surface area (TPSA) is 47.1 Å². The first kappa shape index (κ1) is 30.9. The zero-order valence-electron chi connectivity index (χ0n) is 23.8. The highest BCUT2D eigenvalue weighted by Crippen LogP contribution is 2.33. The van der Waals surface area contributed by atoms with Gasteiger partial charge >= 0.3 is 6.18 Å². The van der Waals surface area contributed by atoms with Gasteiger partial charge in [0.15, 0.2) is 0 Å². The molecule has 0 spiro atoms. The van der Waals surface area contributed by atoms with Crippen molar-refractivity contribution in [1.82, 2.24) is 19.6 Å². The number of rotatable bonds is 9. The largest absolute Gasteiger partial charge is 0.416 e. The van der Waals surface area contributed by atoms with Gasteiger partial charge in [0.1, 0.15) is 5.82 Å². The Morgan fingerprint density at radius 2 is 1.69 bits per heavy atom. The molecule has 2 amide bonds. The number of nitrogens with zero attached hydrogens (tertiary/aromatic N) is 4. The number of hydrogen-bond donors (Lipinski definition) is 0. The predicted octanol–water partition coefficient (Wildman–Crippen LogP) is 5.48. The SMILES string of the molecule is CN(C[C@@H](CCN1CC(N2CCC(C(=O)N3CCC3)CC2)C1)c1ccc(F)cc1)C(=O)c1cc(Br)cc(C(F)(F)F)c1. The van der Waals surface area contributed by atoms with Crippen molar-refractivity contribution in [2.75, 3.05) is 59.4 Å². The summed E-state index contributed by atoms with van der Waals surface area (Å²) in [6.07, 6.45) is -0.896. The molecule has 2 aromatic carbocycles. The fraction of sp³-hybridized carbons (Fsp3) is 0.548. The molecular formula is C31H37BrF4N4O2. The van der Waals surface area contributed by atoms with Gasteiger partial charge in [0.05, 0.1) is 5.56 Å². The lowest BCUT2D eigenvalue weighted by atomic mass is 9.91. The van der Waals surface area contributed by atoms with Gasteiger partial charge in [0.2, 0.25) is 5.91 Å². The number of halogens is 5. The predicted molar refractivity (Wildman–Crippen MR) is 156 cm³/mol. The van der Waals surface area contributed by atoms with Crippen molar-refractivity contribution in [1.29, 1.82) is 0 Å². The van der Waals surface area contributed by atoms with Crippen LogP contribution in [0.3, 0.4) is 0 Å². The van der Waals surface area contributed by atoms with E-state index in [1.54, 1.807) is 19.2 Å². The van der Waals surface area contributed by atoms with Crippen LogP contribution in [-0.2, 0) is 11.0 Å². The molecular weight excluding hydrogens is 616 g/mol. The Morgan fingerprint density at radius 1 is 1.02 bits per heavy atom. The number of amides is 2. The van der Waals surface area contributed by atoms with Crippen molar-refractivity contribution in [3.8, 4) is 0 Å². The number of carbonyl (C=O) groups is 2. The van der Waals surface area contributed by atoms with Crippen LogP contribution in [0.25, 0.3) is 0 Å². The molecule has 42 heavy (non-hydrogen) atoms. The zero-order chi connectivity index (χ0) is 30.0. The summed E-state index contributed by atoms with van der Waals surface area (Å²) in [5.41, 5.74) is -0.0479. The van der Waals surface area contributed by atoms with Gasteiger partial charge in [-0.05, 0) is 81.2 Å². The highest BCUT2D eigenvalue weighted by Gasteiger charge is 2.37. The second-order valence-corrected chi connectivity index (χ2v) is 12.8. The smallest absolute Gasteiger partial charge is 0.342 e. The first-order valence-corrected chi connectivity index (χ1v) is 15.4. The summed E-state index contributed by atoms with van der Waals surface area (Å²) in [5.74, 6) is -0.486. The Bertz CT molecular complexity index is 1260. The Labute approximate surface area is 252 Å². The lowest BCUT2D eigenvalue weighted by Gasteiger charge is -2.48. The highest BCUT2D eigenvalue weighted by atomic mass is 79.9. The van der Waals surface area contributed by atoms with E-state index in [-0.39, 0.29) is 34.2 Å². The maximum atomic E-state index is 13.7. The van der Waals surface area contributed by atoms with Gasteiger partial charge in [-0.3, -0.25) is 14.5 Å². The van der Waals surface area contributed by atoms with Crippen LogP contribution in [0.1, 0.15) is 53.1 Å². The molecule has 0 aliphatic carbocycles. The van der Waals surface area contributed by atoms with E-state index in [9.17, 15) is 27.2 Å². The number of carbonyl (C=O) groups excluding carboxylic acids is 2. The Hall–Kier alpha value is -2.50. The van der Waals surface area contributed by atoms with Crippen LogP contribution in [0.4, 0.5) is 17.6 Å². The van der Waals surface area contributed by atoms with Crippen LogP contribution in [-0.4, -0.2) is 96.9 Å². The van der Waals surface area contributed by atoms with Crippen molar-refractivity contribution < 1.29 is 27.2 Å². The first-order chi connectivity index (χ1) is 20.0. The average Bonchev–Trinajstić information content (AvgIpc) is 2.90. The minimum absolute atomic E-state index is 0.0435. The Kier molecular flexibility index (Phi) is 9.59. The molecule has 3 aliphatic rings. The molecule has 0 radical (unpaired) electrons. The van der Waals surface area contributed by atoms with Crippen LogP contribution in [0.15, 0.2) is 46.9 Å². The maximum Gasteiger partial charge on any atom is 0.416 e. The molecule has 2 aromatic rings. The van der Waals surface area contributed by atoms with Gasteiger partial charge in [-0.2, -0.15) is 13.2 Å². The molecule has 3 heterocycles. The van der Waals surface area contributed by atoms with Crippen molar-refractivity contribution in [2.45, 2.75) is 43.8 Å². The quantitative estimate of drug-likeness (QED) is 0.337. The summed E-state index contributed by atoms with van der Waals surface area (Å²) < 4.78 is 53.8. The third kappa shape index (κ3) is 7.34. The van der Waals surface area contributed by atoms with Gasteiger partial charge in [0, 0.05) is 67.7 Å². The number of likely N-dealkylation sites (tertiary alicyclic amines) is 3. The van der Waals surface area contributed by atoms with Gasteiger partial charge in [-0.25, -0.2) is 4.39 Å². The van der Waals surface area contributed by atoms with E-state index in [4.69, 9.17) is 0 Å². The first-order valence-electron chi connectivity index (χ1n) is 14.6. The van der Waals surface area contributed by atoms with Gasteiger partial charge < -0.3 is 14.7 Å². The second kappa shape index (κ2) is 13.0. The molecule has 0 unspecified atom stereocenters. The summed E-state index contributed by atoms with van der Waals surface area (Å²) in [5, 5.41) is 0. The third-order valence-electron chi connectivity index (χ3n) is 8.95. The van der Waals surface area contributed by atoms with E-state index < -0.39 is 17.6 Å². The molecule has 3 fully saturated rings. The lowest BCUT2D eigenvalue weighted by molar-refractivity contribution is -0.141. The summed E-state index contributed by atoms with van der Waals surface area (Å²) in [7, 11) is 1.59. The molecule has 0 saturated carbocycles. The van der Waals surface area contributed by atoms with Crippen molar-refractivity contribution in [3.63, 3.8) is 0 Å². The standard InChI is InChI=1S/C31H37BrF4N4O2/c1-37(29(41)24-15-25(31(34,35)36)17-26(32)16-24)18-23(21-3-5-27(33)6-4-21)7-12-38-19-28(20-38)39-13-8-22(9-14-39)30(42)40-10-2-11-40/h3-6,15-17,22-23,28H,2,7-14,18-20H2,1H3/t23-/m1/s1. The number of piperidine rings is 1. The molecule has 6 nitrogen and oxygen atoms in total. The van der Waals surface area contributed by atoms with E-state index in [1.165, 1.54) is 23.1 Å². The van der Waals surface area contributed by atoms with E-state index in [0.717, 1.165) is 82.8 Å². The fourth-order valence-corrected chi connectivity index (χ4v) is 6.70. The monoisotopic (exact) mass is 652 g/mol. The molecule has 3 aliphatic heterocycles. The molecule has 0 aromatic heterocycles. The van der Waals surface area contributed by atoms with Crippen LogP contribution in [0, 0.1) is 11.7 Å². The van der Waals surface area contributed by atoms with E-state index in [2.05, 4.69) is 25.7 Å². The minimum atomic E-state index is -4.56. The third-order valence-corrected chi connectivity index (χ3v) is 9.41. The van der Waals surface area contributed by atoms with E-state index in [0.29, 0.717) is 18.4 Å². The molecule has 3 saturated heterocycles.